The molecule has 3 saturated heterocycles. The van der Waals surface area contributed by atoms with Gasteiger partial charge in [-0.15, -0.1) is 0 Å². The Morgan fingerprint density at radius 2 is 0.574 bits per heavy atom. The van der Waals surface area contributed by atoms with Crippen LogP contribution in [-0.2, 0) is 95.4 Å². The first-order valence-corrected chi connectivity index (χ1v) is 40.8. The first-order valence-electron chi connectivity index (χ1n) is 40.8. The van der Waals surface area contributed by atoms with E-state index in [-0.39, 0.29) is 197 Å². The van der Waals surface area contributed by atoms with E-state index in [1.54, 1.807) is 0 Å². The highest BCUT2D eigenvalue weighted by Gasteiger charge is 2.48. The quantitative estimate of drug-likeness (QED) is 0.0262. The summed E-state index contributed by atoms with van der Waals surface area (Å²) in [5.74, 6) is -3.38. The van der Waals surface area contributed by atoms with Crippen LogP contribution < -0.4 is 53.2 Å². The fourth-order valence-corrected chi connectivity index (χ4v) is 12.6. The molecule has 0 aromatic rings. The van der Waals surface area contributed by atoms with E-state index in [0.29, 0.717) is 70.6 Å². The summed E-state index contributed by atoms with van der Waals surface area (Å²) in [6, 6.07) is -3.28. The fourth-order valence-electron chi connectivity index (χ4n) is 12.6. The van der Waals surface area contributed by atoms with Gasteiger partial charge in [-0.05, 0) is 70.6 Å². The van der Waals surface area contributed by atoms with E-state index in [2.05, 4.69) is 53.2 Å². The van der Waals surface area contributed by atoms with Crippen LogP contribution in [0.4, 0.5) is 0 Å². The van der Waals surface area contributed by atoms with Crippen LogP contribution in [0.5, 0.6) is 0 Å². The van der Waals surface area contributed by atoms with Crippen LogP contribution in [0.25, 0.3) is 0 Å². The number of aliphatic hydroxyl groups is 9. The van der Waals surface area contributed by atoms with Gasteiger partial charge in [0.15, 0.2) is 18.9 Å². The topological polar surface area (TPSA) is 573 Å². The zero-order chi connectivity index (χ0) is 84.9. The van der Waals surface area contributed by atoms with Gasteiger partial charge in [0, 0.05) is 137 Å². The van der Waals surface area contributed by atoms with Gasteiger partial charge < -0.3 is 142 Å². The van der Waals surface area contributed by atoms with Crippen LogP contribution in [-0.4, -0.2) is 327 Å². The van der Waals surface area contributed by atoms with Crippen molar-refractivity contribution >= 4 is 64.9 Å². The molecule has 3 heterocycles. The van der Waals surface area contributed by atoms with Crippen molar-refractivity contribution in [3.05, 3.63) is 0 Å². The van der Waals surface area contributed by atoms with Gasteiger partial charge in [0.25, 0.3) is 0 Å². The molecule has 0 saturated carbocycles. The van der Waals surface area contributed by atoms with Crippen LogP contribution in [0.3, 0.4) is 0 Å². The largest absolute Gasteiger partial charge is 0.394 e. The Morgan fingerprint density at radius 3 is 0.843 bits per heavy atom. The van der Waals surface area contributed by atoms with E-state index in [1.807, 2.05) is 13.8 Å². The van der Waals surface area contributed by atoms with Crippen molar-refractivity contribution in [2.24, 2.45) is 5.92 Å². The number of nitrogens with one attached hydrogen (secondary N) is 10. The van der Waals surface area contributed by atoms with Crippen molar-refractivity contribution in [3.63, 3.8) is 0 Å². The average Bonchev–Trinajstić information content (AvgIpc) is 0.817. The molecule has 3 aliphatic heterocycles. The van der Waals surface area contributed by atoms with Crippen molar-refractivity contribution in [1.29, 1.82) is 0 Å². The van der Waals surface area contributed by atoms with Crippen molar-refractivity contribution in [2.75, 3.05) is 119 Å². The Kier molecular flexibility index (Phi) is 53.8. The lowest BCUT2D eigenvalue weighted by Crippen LogP contribution is -2.64. The normalized spacial score (nSPS) is 23.9. The monoisotopic (exact) mass is 1650 g/mol. The molecule has 0 bridgehead atoms. The number of hydrogen-bond donors (Lipinski definition) is 19. The van der Waals surface area contributed by atoms with Crippen LogP contribution in [0.1, 0.15) is 195 Å². The summed E-state index contributed by atoms with van der Waals surface area (Å²) in [5.41, 5.74) is -1.41. The predicted octanol–water partition coefficient (Wildman–Crippen LogP) is -3.55. The molecule has 3 fully saturated rings. The Hall–Kier alpha value is -6.35. The minimum Gasteiger partial charge on any atom is -0.394 e. The summed E-state index contributed by atoms with van der Waals surface area (Å²) < 4.78 is 52.2. The van der Waals surface area contributed by atoms with Crippen molar-refractivity contribution in [2.45, 2.75) is 293 Å². The zero-order valence-electron chi connectivity index (χ0n) is 67.8. The number of hydrogen-bond acceptors (Lipinski definition) is 29. The Balaban J connectivity index is 1.57. The molecule has 0 aliphatic carbocycles. The van der Waals surface area contributed by atoms with Crippen LogP contribution in [0.15, 0.2) is 0 Å². The first kappa shape index (κ1) is 103. The SMILES string of the molecule is CC(=O)NC1C(OCCCCC(=O)NCCCNC(=O)CCOCC(COCCC(=O)NCCCNC(=O)CCCCOC2OC(CO)C(O)C(O)C2NC(C)=O)(COCCC(=O)NCCCNC(=O)CCCCOC2OC(CO)C(O)C(O)C2NC(C)=O)NC(=O)CCCCCCCCCCC(=O)C(C)C)OC(CO)C(O)C1O. The van der Waals surface area contributed by atoms with Gasteiger partial charge in [0.1, 0.15) is 84.4 Å². The van der Waals surface area contributed by atoms with Crippen LogP contribution in [0, 0.1) is 5.92 Å². The third-order valence-corrected chi connectivity index (χ3v) is 19.2. The number of rotatable bonds is 64. The molecule has 115 heavy (non-hydrogen) atoms. The highest BCUT2D eigenvalue weighted by atomic mass is 16.7. The zero-order valence-corrected chi connectivity index (χ0v) is 67.8. The Morgan fingerprint density at radius 1 is 0.322 bits per heavy atom. The summed E-state index contributed by atoms with van der Waals surface area (Å²) >= 11 is 0. The van der Waals surface area contributed by atoms with Crippen molar-refractivity contribution < 1.29 is 141 Å². The molecule has 0 spiro atoms. The number of ether oxygens (including phenoxy) is 9. The molecular weight excluding hydrogens is 1520 g/mol. The second-order valence-corrected chi connectivity index (χ2v) is 29.6. The smallest absolute Gasteiger partial charge is 0.222 e. The Labute approximate surface area is 674 Å². The van der Waals surface area contributed by atoms with E-state index in [9.17, 15) is 98.7 Å². The standard InChI is InChI=1S/C76H136N10O29/c1-49(2)53(93)23-12-10-8-6-7-9-11-13-27-63(100)86-76(46-107-40-28-60(97)80-34-20-31-77-57(94)24-14-17-37-110-73-64(83-50(3)90)70(104)67(101)54(43-87)113-73,47-108-41-29-61(98)81-35-21-32-78-58(95)25-15-18-38-111-74-65(84-51(4)91)71(105)68(102)55(44-88)114-74)48-109-42-30-62(99)82-36-22-33-79-59(96)26-16-19-39-112-75-66(85-52(5)92)72(106)69(103)56(45-89)115-75/h49,54-56,64-75,87-89,101-106H,6-48H2,1-5H3,(H,77,94)(H,78,95)(H,79,96)(H,80,97)(H,81,98)(H,82,99)(H,83,90)(H,84,91)(H,85,92)(H,86,100). The van der Waals surface area contributed by atoms with Gasteiger partial charge in [-0.25, -0.2) is 0 Å². The molecule has 39 nitrogen and oxygen atoms in total. The van der Waals surface area contributed by atoms with E-state index < -0.39 is 135 Å². The van der Waals surface area contributed by atoms with Gasteiger partial charge in [0.2, 0.25) is 59.1 Å². The van der Waals surface area contributed by atoms with Crippen molar-refractivity contribution in [1.82, 2.24) is 53.2 Å². The molecule has 0 aromatic carbocycles. The number of ketones is 1. The maximum atomic E-state index is 14.0. The predicted molar refractivity (Wildman–Crippen MR) is 411 cm³/mol. The number of Topliss-reactive ketones (excluding diaryl/α,β-unsaturated/α-hetero) is 1. The third kappa shape index (κ3) is 43.8. The number of unbranched alkanes of at least 4 members (excludes halogenated alkanes) is 10. The summed E-state index contributed by atoms with van der Waals surface area (Å²) in [4.78, 5) is 138. The molecule has 0 radical (unpaired) electrons. The minimum atomic E-state index is -1.46. The van der Waals surface area contributed by atoms with E-state index in [0.717, 1.165) is 44.9 Å². The van der Waals surface area contributed by atoms with Gasteiger partial charge in [-0.2, -0.15) is 0 Å². The molecule has 3 aliphatic rings. The summed E-state index contributed by atoms with van der Waals surface area (Å²) in [6.45, 7) is 6.29. The summed E-state index contributed by atoms with van der Waals surface area (Å²) in [6.07, 6.45) is -4.20. The molecular formula is C76H136N10O29. The molecule has 0 aromatic heterocycles. The molecule has 15 atom stereocenters. The molecule has 39 heteroatoms. The second-order valence-electron chi connectivity index (χ2n) is 29.6. The number of carbonyl (C=O) groups is 11. The molecule has 19 N–H and O–H groups in total. The maximum Gasteiger partial charge on any atom is 0.222 e. The van der Waals surface area contributed by atoms with Crippen LogP contribution >= 0.6 is 0 Å². The Bertz CT molecular complexity index is 2580. The second kappa shape index (κ2) is 60.2. The highest BCUT2D eigenvalue weighted by molar-refractivity contribution is 5.81. The maximum absolute atomic E-state index is 14.0. The molecule has 10 amide bonds. The first-order chi connectivity index (χ1) is 55.0. The lowest BCUT2D eigenvalue weighted by Gasteiger charge is -2.42. The van der Waals surface area contributed by atoms with Crippen molar-refractivity contribution in [3.8, 4) is 0 Å². The number of aliphatic hydroxyl groups excluding tert-OH is 9. The summed E-state index contributed by atoms with van der Waals surface area (Å²) in [5, 5.41) is 118. The van der Waals surface area contributed by atoms with Gasteiger partial charge in [0.05, 0.1) is 59.5 Å². The van der Waals surface area contributed by atoms with Gasteiger partial charge >= 0.3 is 0 Å². The van der Waals surface area contributed by atoms with E-state index in [4.69, 9.17) is 42.6 Å². The molecule has 664 valence electrons. The third-order valence-electron chi connectivity index (χ3n) is 19.2. The van der Waals surface area contributed by atoms with E-state index >= 15 is 0 Å². The fraction of sp³-hybridized carbons (Fsp3) is 0.855. The average molecular weight is 1650 g/mol. The lowest BCUT2D eigenvalue weighted by atomic mass is 9.97. The highest BCUT2D eigenvalue weighted by Crippen LogP contribution is 2.26. The minimum absolute atomic E-state index is 0.0213. The summed E-state index contributed by atoms with van der Waals surface area (Å²) in [7, 11) is 0. The van der Waals surface area contributed by atoms with Gasteiger partial charge in [-0.1, -0.05) is 52.4 Å². The van der Waals surface area contributed by atoms with E-state index in [1.165, 1.54) is 20.8 Å². The number of carbonyl (C=O) groups excluding carboxylic acids is 11. The van der Waals surface area contributed by atoms with Crippen LogP contribution in [0.2, 0.25) is 0 Å². The lowest BCUT2D eigenvalue weighted by molar-refractivity contribution is -0.270. The number of amides is 10. The molecule has 15 unspecified atom stereocenters. The molecule has 3 rings (SSSR count). The van der Waals surface area contributed by atoms with Gasteiger partial charge in [-0.3, -0.25) is 52.7 Å².